The van der Waals surface area contributed by atoms with Crippen LogP contribution in [0.5, 0.6) is 0 Å². The van der Waals surface area contributed by atoms with Gasteiger partial charge in [-0.2, -0.15) is 0 Å². The molecule has 0 aromatic rings. The maximum Gasteiger partial charge on any atom is 0.307 e. The zero-order valence-electron chi connectivity index (χ0n) is 9.21. The molecule has 0 saturated heterocycles. The van der Waals surface area contributed by atoms with Gasteiger partial charge in [-0.25, -0.2) is 0 Å². The SMILES string of the molecule is CCCC(C)(O)CNCC(C)C(=O)O. The van der Waals surface area contributed by atoms with E-state index >= 15 is 0 Å². The van der Waals surface area contributed by atoms with E-state index in [2.05, 4.69) is 5.32 Å². The summed E-state index contributed by atoms with van der Waals surface area (Å²) in [5, 5.41) is 21.3. The van der Waals surface area contributed by atoms with Crippen LogP contribution in [0.15, 0.2) is 0 Å². The highest BCUT2D eigenvalue weighted by Gasteiger charge is 2.19. The molecule has 2 unspecified atom stereocenters. The lowest BCUT2D eigenvalue weighted by atomic mass is 10.0. The summed E-state index contributed by atoms with van der Waals surface area (Å²) in [7, 11) is 0. The number of aliphatic carboxylic acids is 1. The summed E-state index contributed by atoms with van der Waals surface area (Å²) in [5.74, 6) is -1.22. The molecule has 0 heterocycles. The lowest BCUT2D eigenvalue weighted by Gasteiger charge is -2.23. The average Bonchev–Trinajstić information content (AvgIpc) is 2.03. The molecule has 0 radical (unpaired) electrons. The highest BCUT2D eigenvalue weighted by atomic mass is 16.4. The smallest absolute Gasteiger partial charge is 0.307 e. The van der Waals surface area contributed by atoms with Gasteiger partial charge in [0.05, 0.1) is 11.5 Å². The van der Waals surface area contributed by atoms with Crippen LogP contribution in [0.25, 0.3) is 0 Å². The maximum atomic E-state index is 10.5. The van der Waals surface area contributed by atoms with E-state index in [1.165, 1.54) is 0 Å². The van der Waals surface area contributed by atoms with Crippen molar-refractivity contribution in [2.75, 3.05) is 13.1 Å². The fraction of sp³-hybridized carbons (Fsp3) is 0.900. The van der Waals surface area contributed by atoms with Crippen molar-refractivity contribution in [2.24, 2.45) is 5.92 Å². The molecule has 4 nitrogen and oxygen atoms in total. The molecule has 0 aromatic carbocycles. The summed E-state index contributed by atoms with van der Waals surface area (Å²) in [5.41, 5.74) is -0.729. The molecule has 0 saturated carbocycles. The van der Waals surface area contributed by atoms with E-state index in [0.29, 0.717) is 13.1 Å². The van der Waals surface area contributed by atoms with Crippen molar-refractivity contribution in [2.45, 2.75) is 39.2 Å². The first kappa shape index (κ1) is 13.4. The van der Waals surface area contributed by atoms with Crippen molar-refractivity contribution in [1.29, 1.82) is 0 Å². The number of rotatable bonds is 7. The van der Waals surface area contributed by atoms with Gasteiger partial charge in [0.25, 0.3) is 0 Å². The molecule has 2 atom stereocenters. The first-order valence-corrected chi connectivity index (χ1v) is 5.05. The molecule has 0 aliphatic heterocycles. The molecule has 0 bridgehead atoms. The molecule has 0 aliphatic rings. The van der Waals surface area contributed by atoms with Gasteiger partial charge in [-0.05, 0) is 13.3 Å². The van der Waals surface area contributed by atoms with Crippen LogP contribution in [0.4, 0.5) is 0 Å². The number of nitrogens with one attached hydrogen (secondary N) is 1. The second-order valence-corrected chi connectivity index (χ2v) is 4.12. The number of carboxylic acid groups (broad SMARTS) is 1. The van der Waals surface area contributed by atoms with E-state index < -0.39 is 17.5 Å². The van der Waals surface area contributed by atoms with Crippen LogP contribution >= 0.6 is 0 Å². The third kappa shape index (κ3) is 5.94. The van der Waals surface area contributed by atoms with Crippen molar-refractivity contribution in [3.05, 3.63) is 0 Å². The van der Waals surface area contributed by atoms with E-state index in [1.54, 1.807) is 13.8 Å². The summed E-state index contributed by atoms with van der Waals surface area (Å²) in [4.78, 5) is 10.5. The summed E-state index contributed by atoms with van der Waals surface area (Å²) in [6.45, 7) is 6.25. The number of carbonyl (C=O) groups is 1. The van der Waals surface area contributed by atoms with Gasteiger partial charge in [0.2, 0.25) is 0 Å². The Morgan fingerprint density at radius 1 is 1.57 bits per heavy atom. The normalized spacial score (nSPS) is 17.4. The van der Waals surface area contributed by atoms with Crippen LogP contribution in [-0.2, 0) is 4.79 Å². The molecular formula is C10H21NO3. The third-order valence-corrected chi connectivity index (χ3v) is 2.17. The Bertz CT molecular complexity index is 180. The topological polar surface area (TPSA) is 69.6 Å². The van der Waals surface area contributed by atoms with Gasteiger partial charge in [-0.1, -0.05) is 20.3 Å². The van der Waals surface area contributed by atoms with Crippen LogP contribution < -0.4 is 5.32 Å². The van der Waals surface area contributed by atoms with Crippen molar-refractivity contribution in [3.8, 4) is 0 Å². The molecule has 0 fully saturated rings. The fourth-order valence-corrected chi connectivity index (χ4v) is 1.27. The third-order valence-electron chi connectivity index (χ3n) is 2.17. The van der Waals surface area contributed by atoms with Crippen LogP contribution in [-0.4, -0.2) is 34.9 Å². The van der Waals surface area contributed by atoms with Crippen LogP contribution in [0.2, 0.25) is 0 Å². The standard InChI is InChI=1S/C10H21NO3/c1-4-5-10(3,14)7-11-6-8(2)9(12)13/h8,11,14H,4-7H2,1-3H3,(H,12,13). The second kappa shape index (κ2) is 5.98. The first-order valence-electron chi connectivity index (χ1n) is 5.05. The predicted molar refractivity (Wildman–Crippen MR) is 55.2 cm³/mol. The van der Waals surface area contributed by atoms with Crippen molar-refractivity contribution < 1.29 is 15.0 Å². The van der Waals surface area contributed by atoms with Crippen LogP contribution in [0, 0.1) is 5.92 Å². The molecule has 0 aromatic heterocycles. The zero-order valence-corrected chi connectivity index (χ0v) is 9.21. The Morgan fingerprint density at radius 3 is 2.57 bits per heavy atom. The molecule has 14 heavy (non-hydrogen) atoms. The zero-order chi connectivity index (χ0) is 11.2. The second-order valence-electron chi connectivity index (χ2n) is 4.12. The van der Waals surface area contributed by atoms with Crippen molar-refractivity contribution in [3.63, 3.8) is 0 Å². The first-order chi connectivity index (χ1) is 6.39. The summed E-state index contributed by atoms with van der Waals surface area (Å²) < 4.78 is 0. The van der Waals surface area contributed by atoms with Crippen LogP contribution in [0.1, 0.15) is 33.6 Å². The average molecular weight is 203 g/mol. The number of aliphatic hydroxyl groups is 1. The Kier molecular flexibility index (Phi) is 5.72. The van der Waals surface area contributed by atoms with Gasteiger partial charge in [0.15, 0.2) is 0 Å². The summed E-state index contributed by atoms with van der Waals surface area (Å²) >= 11 is 0. The van der Waals surface area contributed by atoms with Gasteiger partial charge in [-0.3, -0.25) is 4.79 Å². The fourth-order valence-electron chi connectivity index (χ4n) is 1.27. The van der Waals surface area contributed by atoms with Crippen molar-refractivity contribution in [1.82, 2.24) is 5.32 Å². The van der Waals surface area contributed by atoms with E-state index in [-0.39, 0.29) is 0 Å². The molecule has 84 valence electrons. The van der Waals surface area contributed by atoms with E-state index in [9.17, 15) is 9.90 Å². The van der Waals surface area contributed by atoms with Gasteiger partial charge in [0, 0.05) is 13.1 Å². The van der Waals surface area contributed by atoms with E-state index in [0.717, 1.165) is 12.8 Å². The summed E-state index contributed by atoms with van der Waals surface area (Å²) in [6, 6.07) is 0. The van der Waals surface area contributed by atoms with E-state index in [4.69, 9.17) is 5.11 Å². The molecule has 0 amide bonds. The lowest BCUT2D eigenvalue weighted by molar-refractivity contribution is -0.141. The van der Waals surface area contributed by atoms with Gasteiger partial charge in [-0.15, -0.1) is 0 Å². The quantitative estimate of drug-likeness (QED) is 0.573. The minimum Gasteiger partial charge on any atom is -0.481 e. The largest absolute Gasteiger partial charge is 0.481 e. The molecule has 3 N–H and O–H groups in total. The summed E-state index contributed by atoms with van der Waals surface area (Å²) in [6.07, 6.45) is 1.64. The highest BCUT2D eigenvalue weighted by Crippen LogP contribution is 2.09. The lowest BCUT2D eigenvalue weighted by Crippen LogP contribution is -2.40. The monoisotopic (exact) mass is 203 g/mol. The molecular weight excluding hydrogens is 182 g/mol. The predicted octanol–water partition coefficient (Wildman–Crippen LogP) is 0.848. The number of hydrogen-bond donors (Lipinski definition) is 3. The van der Waals surface area contributed by atoms with Gasteiger partial charge < -0.3 is 15.5 Å². The Balaban J connectivity index is 3.67. The Hall–Kier alpha value is -0.610. The minimum atomic E-state index is -0.812. The van der Waals surface area contributed by atoms with Gasteiger partial charge in [0.1, 0.15) is 0 Å². The minimum absolute atomic E-state index is 0.398. The van der Waals surface area contributed by atoms with Gasteiger partial charge >= 0.3 is 5.97 Å². The van der Waals surface area contributed by atoms with Crippen LogP contribution in [0.3, 0.4) is 0 Å². The molecule has 0 rings (SSSR count). The highest BCUT2D eigenvalue weighted by molar-refractivity contribution is 5.69. The molecule has 4 heteroatoms. The Morgan fingerprint density at radius 2 is 2.14 bits per heavy atom. The Labute approximate surface area is 85.3 Å². The molecule has 0 aliphatic carbocycles. The molecule has 0 spiro atoms. The van der Waals surface area contributed by atoms with E-state index in [1.807, 2.05) is 6.92 Å². The van der Waals surface area contributed by atoms with Crippen molar-refractivity contribution >= 4 is 5.97 Å². The number of hydrogen-bond acceptors (Lipinski definition) is 3. The number of carboxylic acids is 1. The maximum absolute atomic E-state index is 10.5.